The van der Waals surface area contributed by atoms with Crippen LogP contribution in [-0.4, -0.2) is 29.8 Å². The highest BCUT2D eigenvalue weighted by atomic mass is 19.4. The number of benzene rings is 1. The zero-order valence-electron chi connectivity index (χ0n) is 14.5. The first-order valence-electron chi connectivity index (χ1n) is 8.21. The molecule has 1 aromatic heterocycles. The Morgan fingerprint density at radius 3 is 2.39 bits per heavy atom. The van der Waals surface area contributed by atoms with Gasteiger partial charge in [-0.3, -0.25) is 4.79 Å². The van der Waals surface area contributed by atoms with E-state index in [1.165, 1.54) is 11.0 Å². The quantitative estimate of drug-likeness (QED) is 0.767. The number of methoxy groups -OCH3 is 1. The Kier molecular flexibility index (Phi) is 5.18. The molecule has 2 unspecified atom stereocenters. The molecule has 0 aliphatic carbocycles. The maximum Gasteiger partial charge on any atom is 0.422 e. The van der Waals surface area contributed by atoms with Gasteiger partial charge in [-0.05, 0) is 30.5 Å². The topological polar surface area (TPSA) is 75.5 Å². The Balaban J connectivity index is 2.01. The molecule has 2 heterocycles. The van der Waals surface area contributed by atoms with E-state index in [1.54, 1.807) is 0 Å². The van der Waals surface area contributed by atoms with E-state index in [2.05, 4.69) is 9.89 Å². The lowest BCUT2D eigenvalue weighted by Gasteiger charge is -2.38. The largest absolute Gasteiger partial charge is 0.453 e. The second-order valence-corrected chi connectivity index (χ2v) is 6.37. The molecule has 0 spiro atoms. The second kappa shape index (κ2) is 7.28. The van der Waals surface area contributed by atoms with Gasteiger partial charge in [-0.25, -0.2) is 13.6 Å². The van der Waals surface area contributed by atoms with Crippen LogP contribution in [0.5, 0.6) is 0 Å². The third kappa shape index (κ3) is 3.73. The number of halogens is 5. The first-order valence-corrected chi connectivity index (χ1v) is 8.21. The van der Waals surface area contributed by atoms with Crippen molar-refractivity contribution in [2.24, 2.45) is 0 Å². The van der Waals surface area contributed by atoms with E-state index < -0.39 is 47.0 Å². The average Bonchev–Trinajstić information content (AvgIpc) is 3.05. The highest BCUT2D eigenvalue weighted by Crippen LogP contribution is 2.41. The number of aromatic nitrogens is 1. The van der Waals surface area contributed by atoms with Crippen molar-refractivity contribution in [3.8, 4) is 0 Å². The van der Waals surface area contributed by atoms with E-state index in [1.807, 2.05) is 0 Å². The summed E-state index contributed by atoms with van der Waals surface area (Å²) in [5, 5.41) is 2.13. The van der Waals surface area contributed by atoms with Crippen molar-refractivity contribution in [1.82, 2.24) is 10.1 Å². The molecule has 6 nitrogen and oxygen atoms in total. The summed E-state index contributed by atoms with van der Waals surface area (Å²) >= 11 is 0. The Hall–Kier alpha value is -2.85. The van der Waals surface area contributed by atoms with Crippen LogP contribution in [-0.2, 0) is 10.9 Å². The lowest BCUT2D eigenvalue weighted by Crippen LogP contribution is -2.40. The summed E-state index contributed by atoms with van der Waals surface area (Å²) in [6.07, 6.45) is -5.56. The van der Waals surface area contributed by atoms with Gasteiger partial charge in [0.15, 0.2) is 0 Å². The molecule has 28 heavy (non-hydrogen) atoms. The van der Waals surface area contributed by atoms with Gasteiger partial charge >= 0.3 is 12.3 Å². The van der Waals surface area contributed by atoms with Crippen LogP contribution in [0.4, 0.5) is 26.7 Å². The van der Waals surface area contributed by atoms with E-state index in [4.69, 9.17) is 4.52 Å². The van der Waals surface area contributed by atoms with Crippen LogP contribution in [0.3, 0.4) is 0 Å². The zero-order valence-corrected chi connectivity index (χ0v) is 14.5. The number of H-pyrrole nitrogens is 1. The molecule has 2 aromatic rings. The van der Waals surface area contributed by atoms with Crippen molar-refractivity contribution >= 4 is 6.09 Å². The van der Waals surface area contributed by atoms with E-state index in [0.29, 0.717) is 18.6 Å². The van der Waals surface area contributed by atoms with Crippen molar-refractivity contribution in [2.75, 3.05) is 13.7 Å². The monoisotopic (exact) mass is 406 g/mol. The highest BCUT2D eigenvalue weighted by molar-refractivity contribution is 5.68. The molecule has 11 heteroatoms. The van der Waals surface area contributed by atoms with E-state index in [0.717, 1.165) is 7.11 Å². The van der Waals surface area contributed by atoms with Gasteiger partial charge < -0.3 is 14.2 Å². The molecule has 1 amide bonds. The number of carbonyl (C=O) groups is 1. The Labute approximate surface area is 154 Å². The molecule has 1 fully saturated rings. The molecular formula is C17H15F5N2O4. The number of hydrogen-bond donors (Lipinski definition) is 1. The fourth-order valence-corrected chi connectivity index (χ4v) is 3.43. The Morgan fingerprint density at radius 2 is 1.89 bits per heavy atom. The zero-order chi connectivity index (χ0) is 20.6. The average molecular weight is 406 g/mol. The molecule has 1 aliphatic rings. The van der Waals surface area contributed by atoms with Crippen LogP contribution in [0.2, 0.25) is 0 Å². The minimum atomic E-state index is -5.20. The Morgan fingerprint density at radius 1 is 1.25 bits per heavy atom. The molecule has 1 saturated heterocycles. The molecule has 1 aliphatic heterocycles. The predicted octanol–water partition coefficient (Wildman–Crippen LogP) is 3.95. The van der Waals surface area contributed by atoms with E-state index >= 15 is 0 Å². The lowest BCUT2D eigenvalue weighted by molar-refractivity contribution is -0.142. The van der Waals surface area contributed by atoms with Crippen LogP contribution in [0, 0.1) is 11.6 Å². The van der Waals surface area contributed by atoms with Crippen molar-refractivity contribution < 1.29 is 36.0 Å². The third-order valence-corrected chi connectivity index (χ3v) is 4.69. The smallest absolute Gasteiger partial charge is 0.422 e. The molecule has 1 aromatic carbocycles. The standard InChI is InChI=1S/C17H15F5N2O4/c1-27-16(26)24-3-2-8(13-7-14(25)23-28-13)6-12(24)9-4-10(18)15(11(19)5-9)17(20,21)22/h4-5,7-8,12H,2-3,6H2,1H3,(H,23,25). The number of amides is 1. The lowest BCUT2D eigenvalue weighted by atomic mass is 9.85. The van der Waals surface area contributed by atoms with Crippen molar-refractivity contribution in [3.05, 3.63) is 57.1 Å². The normalized spacial score (nSPS) is 20.3. The molecule has 0 radical (unpaired) electrons. The number of ether oxygens (including phenoxy) is 1. The van der Waals surface area contributed by atoms with Gasteiger partial charge in [0.25, 0.3) is 5.56 Å². The third-order valence-electron chi connectivity index (χ3n) is 4.69. The van der Waals surface area contributed by atoms with Gasteiger partial charge in [-0.15, -0.1) is 0 Å². The van der Waals surface area contributed by atoms with Gasteiger partial charge in [-0.2, -0.15) is 18.3 Å². The maximum atomic E-state index is 14.0. The van der Waals surface area contributed by atoms with Gasteiger partial charge in [0, 0.05) is 18.5 Å². The summed E-state index contributed by atoms with van der Waals surface area (Å²) in [6.45, 7) is 0.0845. The minimum absolute atomic E-state index is 0.0696. The number of alkyl halides is 3. The Bertz CT molecular complexity index is 913. The molecule has 2 atom stereocenters. The minimum Gasteiger partial charge on any atom is -0.453 e. The first kappa shape index (κ1) is 19.9. The molecule has 152 valence electrons. The van der Waals surface area contributed by atoms with Crippen LogP contribution in [0.25, 0.3) is 0 Å². The number of nitrogens with zero attached hydrogens (tertiary/aromatic N) is 1. The molecule has 0 saturated carbocycles. The molecule has 3 rings (SSSR count). The number of aromatic amines is 1. The fourth-order valence-electron chi connectivity index (χ4n) is 3.43. The van der Waals surface area contributed by atoms with Crippen LogP contribution >= 0.6 is 0 Å². The van der Waals surface area contributed by atoms with Crippen LogP contribution < -0.4 is 5.56 Å². The van der Waals surface area contributed by atoms with Crippen molar-refractivity contribution in [3.63, 3.8) is 0 Å². The van der Waals surface area contributed by atoms with Crippen LogP contribution in [0.1, 0.15) is 41.7 Å². The predicted molar refractivity (Wildman–Crippen MR) is 84.5 cm³/mol. The van der Waals surface area contributed by atoms with Crippen molar-refractivity contribution in [1.29, 1.82) is 0 Å². The SMILES string of the molecule is COC(=O)N1CCC(c2cc(=O)[nH]o2)CC1c1cc(F)c(C(F)(F)F)c(F)c1. The van der Waals surface area contributed by atoms with Gasteiger partial charge in [0.2, 0.25) is 0 Å². The maximum absolute atomic E-state index is 14.0. The summed E-state index contributed by atoms with van der Waals surface area (Å²) in [7, 11) is 1.12. The van der Waals surface area contributed by atoms with Gasteiger partial charge in [0.05, 0.1) is 13.2 Å². The summed E-state index contributed by atoms with van der Waals surface area (Å²) < 4.78 is 76.2. The number of nitrogens with one attached hydrogen (secondary N) is 1. The highest BCUT2D eigenvalue weighted by Gasteiger charge is 2.40. The van der Waals surface area contributed by atoms with E-state index in [9.17, 15) is 31.5 Å². The number of likely N-dealkylation sites (tertiary alicyclic amines) is 1. The van der Waals surface area contributed by atoms with Crippen LogP contribution in [0.15, 0.2) is 27.5 Å². The summed E-state index contributed by atoms with van der Waals surface area (Å²) in [4.78, 5) is 24.5. The number of hydrogen-bond acceptors (Lipinski definition) is 4. The number of rotatable bonds is 2. The van der Waals surface area contributed by atoms with Crippen molar-refractivity contribution in [2.45, 2.75) is 31.0 Å². The first-order chi connectivity index (χ1) is 13.1. The summed E-state index contributed by atoms with van der Waals surface area (Å²) in [6, 6.07) is 1.35. The number of carbonyl (C=O) groups excluding carboxylic acids is 1. The fraction of sp³-hybridized carbons (Fsp3) is 0.412. The van der Waals surface area contributed by atoms with Gasteiger partial charge in [0.1, 0.15) is 23.0 Å². The van der Waals surface area contributed by atoms with Gasteiger partial charge in [-0.1, -0.05) is 0 Å². The molecule has 1 N–H and O–H groups in total. The summed E-state index contributed by atoms with van der Waals surface area (Å²) in [5.41, 5.74) is -2.63. The molecule has 0 bridgehead atoms. The van der Waals surface area contributed by atoms with E-state index in [-0.39, 0.29) is 24.3 Å². The second-order valence-electron chi connectivity index (χ2n) is 6.37. The summed E-state index contributed by atoms with van der Waals surface area (Å²) in [5.74, 6) is -3.66. The number of piperidine rings is 1. The molecular weight excluding hydrogens is 391 g/mol.